The number of nitrogens with one attached hydrogen (secondary N) is 1. The Kier molecular flexibility index (Phi) is 3.27. The molecule has 0 aliphatic carbocycles. The third-order valence-electron chi connectivity index (χ3n) is 3.86. The summed E-state index contributed by atoms with van der Waals surface area (Å²) in [6.07, 6.45) is 2.00. The molecule has 0 fully saturated rings. The predicted octanol–water partition coefficient (Wildman–Crippen LogP) is 2.64. The third kappa shape index (κ3) is 2.39. The first-order valence-corrected chi connectivity index (χ1v) is 7.29. The number of fused-ring (bicyclic) bond motifs is 1. The lowest BCUT2D eigenvalue weighted by atomic mass is 10.0. The van der Waals surface area contributed by atoms with E-state index in [2.05, 4.69) is 20.8 Å². The van der Waals surface area contributed by atoms with Crippen molar-refractivity contribution < 1.29 is 4.92 Å². The molecule has 8 heteroatoms. The maximum Gasteiger partial charge on any atom is 0.269 e. The molecule has 24 heavy (non-hydrogen) atoms. The average Bonchev–Trinajstić information content (AvgIpc) is 3.10. The number of tetrazole rings is 1. The number of nitrogens with zero attached hydrogens (tertiary/aromatic N) is 5. The summed E-state index contributed by atoms with van der Waals surface area (Å²) in [5, 5.41) is 25.8. The van der Waals surface area contributed by atoms with Gasteiger partial charge in [0.05, 0.1) is 4.92 Å². The summed E-state index contributed by atoms with van der Waals surface area (Å²) in [5.41, 5.74) is 2.82. The lowest BCUT2D eigenvalue weighted by Crippen LogP contribution is -2.20. The maximum atomic E-state index is 10.8. The number of benzene rings is 2. The molecule has 0 radical (unpaired) electrons. The summed E-state index contributed by atoms with van der Waals surface area (Å²) < 4.78 is 1.65. The van der Waals surface area contributed by atoms with Crippen LogP contribution in [0.1, 0.15) is 17.2 Å². The van der Waals surface area contributed by atoms with E-state index in [1.807, 2.05) is 36.4 Å². The molecule has 2 heterocycles. The second-order valence-corrected chi connectivity index (χ2v) is 5.31. The second kappa shape index (κ2) is 5.58. The van der Waals surface area contributed by atoms with Gasteiger partial charge >= 0.3 is 0 Å². The van der Waals surface area contributed by atoms with Crippen molar-refractivity contribution >= 4 is 17.3 Å². The molecule has 1 atom stereocenters. The monoisotopic (exact) mass is 320 g/mol. The van der Waals surface area contributed by atoms with Gasteiger partial charge in [0.25, 0.3) is 5.69 Å². The van der Waals surface area contributed by atoms with E-state index in [0.29, 0.717) is 5.95 Å². The van der Waals surface area contributed by atoms with E-state index in [-0.39, 0.29) is 11.7 Å². The quantitative estimate of drug-likeness (QED) is 0.588. The molecule has 1 aromatic heterocycles. The van der Waals surface area contributed by atoms with Crippen LogP contribution >= 0.6 is 0 Å². The van der Waals surface area contributed by atoms with Crippen molar-refractivity contribution in [1.29, 1.82) is 0 Å². The molecule has 1 aliphatic rings. The molecular weight excluding hydrogens is 308 g/mol. The Hall–Kier alpha value is -3.55. The van der Waals surface area contributed by atoms with Crippen LogP contribution < -0.4 is 5.32 Å². The van der Waals surface area contributed by atoms with Gasteiger partial charge in [-0.1, -0.05) is 35.4 Å². The molecule has 2 aromatic carbocycles. The first-order valence-electron chi connectivity index (χ1n) is 7.29. The molecule has 3 aromatic rings. The topological polar surface area (TPSA) is 98.8 Å². The minimum absolute atomic E-state index is 0.0527. The molecule has 1 unspecified atom stereocenters. The summed E-state index contributed by atoms with van der Waals surface area (Å²) >= 11 is 0. The molecule has 0 spiro atoms. The Morgan fingerprint density at radius 2 is 1.83 bits per heavy atom. The number of aromatic nitrogens is 4. The second-order valence-electron chi connectivity index (χ2n) is 5.31. The van der Waals surface area contributed by atoms with E-state index in [1.165, 1.54) is 12.1 Å². The van der Waals surface area contributed by atoms with Crippen LogP contribution in [0.5, 0.6) is 0 Å². The van der Waals surface area contributed by atoms with Crippen LogP contribution in [0.3, 0.4) is 0 Å². The molecule has 4 rings (SSSR count). The van der Waals surface area contributed by atoms with Gasteiger partial charge in [0.2, 0.25) is 5.95 Å². The molecule has 0 bridgehead atoms. The Balaban J connectivity index is 1.78. The van der Waals surface area contributed by atoms with Gasteiger partial charge in [0.1, 0.15) is 6.04 Å². The van der Waals surface area contributed by atoms with Crippen LogP contribution in [0.15, 0.2) is 60.7 Å². The van der Waals surface area contributed by atoms with Crippen molar-refractivity contribution in [2.24, 2.45) is 0 Å². The van der Waals surface area contributed by atoms with Crippen molar-refractivity contribution in [2.45, 2.75) is 6.04 Å². The van der Waals surface area contributed by atoms with Gasteiger partial charge in [-0.25, -0.2) is 0 Å². The van der Waals surface area contributed by atoms with Gasteiger partial charge < -0.3 is 5.32 Å². The van der Waals surface area contributed by atoms with Crippen molar-refractivity contribution in [1.82, 2.24) is 20.2 Å². The Labute approximate surface area is 136 Å². The highest BCUT2D eigenvalue weighted by Gasteiger charge is 2.24. The maximum absolute atomic E-state index is 10.8. The summed E-state index contributed by atoms with van der Waals surface area (Å²) in [6.45, 7) is 0. The lowest BCUT2D eigenvalue weighted by molar-refractivity contribution is -0.384. The summed E-state index contributed by atoms with van der Waals surface area (Å²) in [5.74, 6) is 0.528. The predicted molar refractivity (Wildman–Crippen MR) is 87.1 cm³/mol. The number of anilines is 1. The molecule has 1 aliphatic heterocycles. The van der Waals surface area contributed by atoms with Gasteiger partial charge in [-0.2, -0.15) is 4.68 Å². The van der Waals surface area contributed by atoms with E-state index in [0.717, 1.165) is 16.8 Å². The van der Waals surface area contributed by atoms with Crippen LogP contribution in [-0.4, -0.2) is 25.1 Å². The van der Waals surface area contributed by atoms with Crippen molar-refractivity contribution in [3.05, 3.63) is 81.9 Å². The third-order valence-corrected chi connectivity index (χ3v) is 3.86. The number of nitro groups is 1. The van der Waals surface area contributed by atoms with Gasteiger partial charge in [-0.15, -0.1) is 0 Å². The van der Waals surface area contributed by atoms with Gasteiger partial charge in [0.15, 0.2) is 0 Å². The van der Waals surface area contributed by atoms with Gasteiger partial charge in [-0.05, 0) is 39.8 Å². The molecular formula is C16H12N6O2. The van der Waals surface area contributed by atoms with Crippen LogP contribution in [0, 0.1) is 10.1 Å². The lowest BCUT2D eigenvalue weighted by Gasteiger charge is -2.23. The zero-order chi connectivity index (χ0) is 16.5. The Morgan fingerprint density at radius 1 is 1.08 bits per heavy atom. The van der Waals surface area contributed by atoms with E-state index in [4.69, 9.17) is 0 Å². The van der Waals surface area contributed by atoms with Crippen molar-refractivity contribution in [3.8, 4) is 0 Å². The van der Waals surface area contributed by atoms with E-state index >= 15 is 0 Å². The fraction of sp³-hybridized carbons (Fsp3) is 0.0625. The first kappa shape index (κ1) is 14.1. The minimum Gasteiger partial charge on any atom is -0.323 e. The number of hydrogen-bond acceptors (Lipinski definition) is 6. The number of hydrogen-bond donors (Lipinski definition) is 1. The van der Waals surface area contributed by atoms with Crippen LogP contribution in [0.2, 0.25) is 0 Å². The zero-order valence-electron chi connectivity index (χ0n) is 12.4. The van der Waals surface area contributed by atoms with E-state index in [1.54, 1.807) is 16.8 Å². The SMILES string of the molecule is O=[N+]([O-])c1ccc(C2C=C(c3ccccc3)Nc3nnnn32)cc1. The normalized spacial score (nSPS) is 16.0. The fourth-order valence-corrected chi connectivity index (χ4v) is 2.67. The summed E-state index contributed by atoms with van der Waals surface area (Å²) in [7, 11) is 0. The number of allylic oxidation sites excluding steroid dienone is 1. The van der Waals surface area contributed by atoms with Crippen LogP contribution in [-0.2, 0) is 0 Å². The first-order chi connectivity index (χ1) is 11.7. The highest BCUT2D eigenvalue weighted by molar-refractivity contribution is 5.76. The standard InChI is InChI=1S/C16H12N6O2/c23-22(24)13-8-6-12(7-9-13)15-10-14(11-4-2-1-3-5-11)17-16-18-19-20-21(15)16/h1-10,15H,(H,17,18,20). The van der Waals surface area contributed by atoms with E-state index in [9.17, 15) is 10.1 Å². The molecule has 1 N–H and O–H groups in total. The number of rotatable bonds is 3. The fourth-order valence-electron chi connectivity index (χ4n) is 2.67. The molecule has 118 valence electrons. The Bertz CT molecular complexity index is 917. The van der Waals surface area contributed by atoms with Crippen LogP contribution in [0.4, 0.5) is 11.6 Å². The van der Waals surface area contributed by atoms with Crippen molar-refractivity contribution in [3.63, 3.8) is 0 Å². The number of nitro benzene ring substituents is 1. The van der Waals surface area contributed by atoms with Gasteiger partial charge in [0, 0.05) is 17.8 Å². The van der Waals surface area contributed by atoms with Crippen LogP contribution in [0.25, 0.3) is 5.70 Å². The average molecular weight is 320 g/mol. The zero-order valence-corrected chi connectivity index (χ0v) is 12.4. The highest BCUT2D eigenvalue weighted by atomic mass is 16.6. The largest absolute Gasteiger partial charge is 0.323 e. The molecule has 8 nitrogen and oxygen atoms in total. The highest BCUT2D eigenvalue weighted by Crippen LogP contribution is 2.32. The molecule has 0 saturated carbocycles. The smallest absolute Gasteiger partial charge is 0.269 e. The van der Waals surface area contributed by atoms with Gasteiger partial charge in [-0.3, -0.25) is 10.1 Å². The number of non-ortho nitro benzene ring substituents is 1. The molecule has 0 saturated heterocycles. The van der Waals surface area contributed by atoms with Crippen molar-refractivity contribution in [2.75, 3.05) is 5.32 Å². The molecule has 0 amide bonds. The summed E-state index contributed by atoms with van der Waals surface area (Å²) in [6, 6.07) is 16.0. The minimum atomic E-state index is -0.417. The Morgan fingerprint density at radius 3 is 2.54 bits per heavy atom. The van der Waals surface area contributed by atoms with E-state index < -0.39 is 4.92 Å². The summed E-state index contributed by atoms with van der Waals surface area (Å²) in [4.78, 5) is 10.4.